The summed E-state index contributed by atoms with van der Waals surface area (Å²) in [6.07, 6.45) is 4.49. The summed E-state index contributed by atoms with van der Waals surface area (Å²) in [6.45, 7) is 4.48. The molecule has 2 nitrogen and oxygen atoms in total. The Labute approximate surface area is 73.2 Å². The van der Waals surface area contributed by atoms with Gasteiger partial charge in [0.1, 0.15) is 0 Å². The first-order valence-corrected chi connectivity index (χ1v) is 4.60. The normalized spacial score (nSPS) is 47.1. The van der Waals surface area contributed by atoms with E-state index in [0.717, 1.165) is 12.8 Å². The van der Waals surface area contributed by atoms with Gasteiger partial charge < -0.3 is 9.84 Å². The van der Waals surface area contributed by atoms with E-state index < -0.39 is 5.60 Å². The SMILES string of the molecule is CC1=CCC2CC1OCC2(C)O. The number of allylic oxidation sites excluding steroid dienone is 1. The van der Waals surface area contributed by atoms with Crippen molar-refractivity contribution in [1.82, 2.24) is 0 Å². The molecule has 0 aromatic carbocycles. The Hall–Kier alpha value is -0.340. The van der Waals surface area contributed by atoms with E-state index in [-0.39, 0.29) is 6.10 Å². The Morgan fingerprint density at radius 2 is 2.42 bits per heavy atom. The lowest BCUT2D eigenvalue weighted by Gasteiger charge is -2.43. The first-order valence-electron chi connectivity index (χ1n) is 4.60. The van der Waals surface area contributed by atoms with Crippen LogP contribution in [-0.2, 0) is 4.74 Å². The topological polar surface area (TPSA) is 29.5 Å². The number of fused-ring (bicyclic) bond motifs is 2. The molecule has 0 amide bonds. The highest BCUT2D eigenvalue weighted by atomic mass is 16.5. The lowest BCUT2D eigenvalue weighted by atomic mass is 9.76. The van der Waals surface area contributed by atoms with Crippen molar-refractivity contribution in [3.63, 3.8) is 0 Å². The molecule has 0 radical (unpaired) electrons. The Morgan fingerprint density at radius 1 is 1.67 bits per heavy atom. The second-order valence-electron chi connectivity index (χ2n) is 4.27. The maximum atomic E-state index is 9.92. The highest BCUT2D eigenvalue weighted by Crippen LogP contribution is 2.38. The Bertz CT molecular complexity index is 218. The van der Waals surface area contributed by atoms with E-state index in [1.807, 2.05) is 6.92 Å². The van der Waals surface area contributed by atoms with Gasteiger partial charge in [0.2, 0.25) is 0 Å². The summed E-state index contributed by atoms with van der Waals surface area (Å²) in [6, 6.07) is 0. The predicted octanol–water partition coefficient (Wildman–Crippen LogP) is 1.49. The average molecular weight is 168 g/mol. The highest BCUT2D eigenvalue weighted by Gasteiger charge is 2.40. The van der Waals surface area contributed by atoms with Crippen molar-refractivity contribution < 1.29 is 9.84 Å². The Balaban J connectivity index is 2.20. The van der Waals surface area contributed by atoms with Gasteiger partial charge in [0, 0.05) is 0 Å². The largest absolute Gasteiger partial charge is 0.387 e. The first-order chi connectivity index (χ1) is 5.59. The third kappa shape index (κ3) is 1.19. The summed E-state index contributed by atoms with van der Waals surface area (Å²) >= 11 is 0. The molecule has 0 saturated carbocycles. The van der Waals surface area contributed by atoms with Crippen molar-refractivity contribution in [2.45, 2.75) is 38.4 Å². The van der Waals surface area contributed by atoms with E-state index in [1.165, 1.54) is 5.57 Å². The zero-order valence-corrected chi connectivity index (χ0v) is 7.71. The van der Waals surface area contributed by atoms with Crippen molar-refractivity contribution in [3.05, 3.63) is 11.6 Å². The van der Waals surface area contributed by atoms with Crippen LogP contribution in [0.3, 0.4) is 0 Å². The summed E-state index contributed by atoms with van der Waals surface area (Å²) in [5.74, 6) is 0.403. The minimum Gasteiger partial charge on any atom is -0.387 e. The van der Waals surface area contributed by atoms with Gasteiger partial charge in [0.05, 0.1) is 18.3 Å². The fourth-order valence-corrected chi connectivity index (χ4v) is 2.09. The maximum absolute atomic E-state index is 9.92. The van der Waals surface area contributed by atoms with Crippen molar-refractivity contribution >= 4 is 0 Å². The van der Waals surface area contributed by atoms with E-state index in [9.17, 15) is 5.11 Å². The van der Waals surface area contributed by atoms with E-state index in [1.54, 1.807) is 0 Å². The van der Waals surface area contributed by atoms with Gasteiger partial charge in [-0.25, -0.2) is 0 Å². The molecule has 68 valence electrons. The lowest BCUT2D eigenvalue weighted by Crippen LogP contribution is -2.48. The van der Waals surface area contributed by atoms with Crippen molar-refractivity contribution in [1.29, 1.82) is 0 Å². The van der Waals surface area contributed by atoms with Crippen LogP contribution in [-0.4, -0.2) is 23.4 Å². The van der Waals surface area contributed by atoms with Crippen LogP contribution < -0.4 is 0 Å². The molecule has 0 aromatic rings. The van der Waals surface area contributed by atoms with E-state index >= 15 is 0 Å². The first kappa shape index (κ1) is 8.27. The van der Waals surface area contributed by atoms with Gasteiger partial charge in [-0.1, -0.05) is 6.08 Å². The van der Waals surface area contributed by atoms with Crippen LogP contribution in [0.1, 0.15) is 26.7 Å². The third-order valence-electron chi connectivity index (χ3n) is 3.19. The molecule has 2 aliphatic rings. The maximum Gasteiger partial charge on any atom is 0.0884 e. The van der Waals surface area contributed by atoms with Crippen molar-refractivity contribution in [3.8, 4) is 0 Å². The van der Waals surface area contributed by atoms with Crippen molar-refractivity contribution in [2.75, 3.05) is 6.61 Å². The summed E-state index contributed by atoms with van der Waals surface area (Å²) in [5, 5.41) is 9.92. The quantitative estimate of drug-likeness (QED) is 0.555. The number of ether oxygens (including phenoxy) is 1. The fourth-order valence-electron chi connectivity index (χ4n) is 2.09. The number of rotatable bonds is 0. The molecule has 2 rings (SSSR count). The zero-order valence-electron chi connectivity index (χ0n) is 7.71. The molecule has 1 aliphatic heterocycles. The van der Waals surface area contributed by atoms with Gasteiger partial charge in [-0.3, -0.25) is 0 Å². The lowest BCUT2D eigenvalue weighted by molar-refractivity contribution is -0.139. The molecule has 2 heteroatoms. The second-order valence-corrected chi connectivity index (χ2v) is 4.27. The second kappa shape index (κ2) is 2.57. The average Bonchev–Trinajstić information content (AvgIpc) is 2.02. The van der Waals surface area contributed by atoms with Crippen molar-refractivity contribution in [2.24, 2.45) is 5.92 Å². The Morgan fingerprint density at radius 3 is 3.17 bits per heavy atom. The van der Waals surface area contributed by atoms with Gasteiger partial charge in [-0.05, 0) is 38.2 Å². The van der Waals surface area contributed by atoms with Gasteiger partial charge in [0.25, 0.3) is 0 Å². The molecule has 1 N–H and O–H groups in total. The van der Waals surface area contributed by atoms with Gasteiger partial charge in [-0.2, -0.15) is 0 Å². The predicted molar refractivity (Wildman–Crippen MR) is 46.8 cm³/mol. The summed E-state index contributed by atoms with van der Waals surface area (Å²) in [7, 11) is 0. The van der Waals surface area contributed by atoms with Crippen LogP contribution >= 0.6 is 0 Å². The van der Waals surface area contributed by atoms with Gasteiger partial charge in [0.15, 0.2) is 0 Å². The van der Waals surface area contributed by atoms with Crippen LogP contribution in [0.4, 0.5) is 0 Å². The molecule has 0 spiro atoms. The smallest absolute Gasteiger partial charge is 0.0884 e. The van der Waals surface area contributed by atoms with Gasteiger partial charge >= 0.3 is 0 Å². The minimum atomic E-state index is -0.603. The minimum absolute atomic E-state index is 0.281. The molecule has 1 aliphatic carbocycles. The fraction of sp³-hybridized carbons (Fsp3) is 0.800. The Kier molecular flexibility index (Phi) is 1.77. The molecule has 2 bridgehead atoms. The van der Waals surface area contributed by atoms with Crippen LogP contribution in [0.25, 0.3) is 0 Å². The van der Waals surface area contributed by atoms with E-state index in [2.05, 4.69) is 13.0 Å². The monoisotopic (exact) mass is 168 g/mol. The molecule has 1 fully saturated rings. The van der Waals surface area contributed by atoms with E-state index in [0.29, 0.717) is 12.5 Å². The standard InChI is InChI=1S/C10H16O2/c1-7-3-4-8-5-9(7)12-6-10(8,2)11/h3,8-9,11H,4-6H2,1-2H3. The summed E-state index contributed by atoms with van der Waals surface area (Å²) in [5.41, 5.74) is 0.731. The molecule has 3 atom stereocenters. The van der Waals surface area contributed by atoms with Crippen LogP contribution in [0.15, 0.2) is 11.6 Å². The number of hydrogen-bond acceptors (Lipinski definition) is 2. The zero-order chi connectivity index (χ0) is 8.77. The molecule has 1 saturated heterocycles. The van der Waals surface area contributed by atoms with Crippen LogP contribution in [0.2, 0.25) is 0 Å². The van der Waals surface area contributed by atoms with Crippen LogP contribution in [0.5, 0.6) is 0 Å². The number of hydrogen-bond donors (Lipinski definition) is 1. The van der Waals surface area contributed by atoms with E-state index in [4.69, 9.17) is 4.74 Å². The molecule has 1 heterocycles. The highest BCUT2D eigenvalue weighted by molar-refractivity contribution is 5.14. The van der Waals surface area contributed by atoms with Crippen LogP contribution in [0, 0.1) is 5.92 Å². The third-order valence-corrected chi connectivity index (χ3v) is 3.19. The van der Waals surface area contributed by atoms with Gasteiger partial charge in [-0.15, -0.1) is 0 Å². The molecular formula is C10H16O2. The molecule has 3 unspecified atom stereocenters. The summed E-state index contributed by atoms with van der Waals surface area (Å²) in [4.78, 5) is 0. The molecular weight excluding hydrogens is 152 g/mol. The summed E-state index contributed by atoms with van der Waals surface area (Å²) < 4.78 is 5.56. The molecule has 12 heavy (non-hydrogen) atoms. The number of aliphatic hydroxyl groups is 1. The molecule has 0 aromatic heterocycles.